The molecule has 0 saturated carbocycles. The van der Waals surface area contributed by atoms with Gasteiger partial charge in [-0.15, -0.1) is 0 Å². The maximum Gasteiger partial charge on any atom is 0.246 e. The molecule has 0 spiro atoms. The molecule has 1 aromatic carbocycles. The third-order valence-corrected chi connectivity index (χ3v) is 5.46. The molecule has 3 aromatic rings. The molecule has 1 amide bonds. The first-order valence-electron chi connectivity index (χ1n) is 9.95. The average molecular weight is 378 g/mol. The molecule has 0 aliphatic carbocycles. The number of aryl methyl sites for hydroxylation is 1. The van der Waals surface area contributed by atoms with Gasteiger partial charge in [-0.25, -0.2) is 14.6 Å². The largest absolute Gasteiger partial charge is 0.356 e. The molecular weight excluding hydrogens is 352 g/mol. The monoisotopic (exact) mass is 378 g/mol. The van der Waals surface area contributed by atoms with Crippen LogP contribution < -0.4 is 10.2 Å². The fourth-order valence-electron chi connectivity index (χ4n) is 3.75. The van der Waals surface area contributed by atoms with Crippen molar-refractivity contribution in [1.82, 2.24) is 19.7 Å². The number of carbonyl (C=O) groups excluding carboxylic acids is 1. The summed E-state index contributed by atoms with van der Waals surface area (Å²) >= 11 is 0. The van der Waals surface area contributed by atoms with Gasteiger partial charge in [-0.05, 0) is 36.8 Å². The fraction of sp³-hybridized carbons (Fsp3) is 0.429. The molecule has 7 heteroatoms. The van der Waals surface area contributed by atoms with Crippen LogP contribution in [0.1, 0.15) is 32.3 Å². The van der Waals surface area contributed by atoms with Crippen LogP contribution in [0.2, 0.25) is 0 Å². The Morgan fingerprint density at radius 3 is 2.79 bits per heavy atom. The number of piperidine rings is 1. The molecule has 0 unspecified atom stereocenters. The molecule has 4 rings (SSSR count). The number of hydrogen-bond donors (Lipinski definition) is 1. The number of anilines is 2. The molecule has 1 fully saturated rings. The maximum atomic E-state index is 12.6. The predicted octanol–water partition coefficient (Wildman–Crippen LogP) is 3.26. The first-order valence-corrected chi connectivity index (χ1v) is 9.95. The number of rotatable bonds is 5. The van der Waals surface area contributed by atoms with Crippen molar-refractivity contribution in [3.63, 3.8) is 0 Å². The van der Waals surface area contributed by atoms with Gasteiger partial charge < -0.3 is 10.2 Å². The summed E-state index contributed by atoms with van der Waals surface area (Å²) in [5.74, 6) is 1.56. The van der Waals surface area contributed by atoms with Crippen LogP contribution in [0.25, 0.3) is 11.0 Å². The molecule has 0 radical (unpaired) electrons. The van der Waals surface area contributed by atoms with Crippen LogP contribution in [0.15, 0.2) is 36.8 Å². The summed E-state index contributed by atoms with van der Waals surface area (Å²) in [5.41, 5.74) is 2.66. The predicted molar refractivity (Wildman–Crippen MR) is 110 cm³/mol. The zero-order valence-electron chi connectivity index (χ0n) is 16.4. The van der Waals surface area contributed by atoms with E-state index in [2.05, 4.69) is 39.1 Å². The summed E-state index contributed by atoms with van der Waals surface area (Å²) in [4.78, 5) is 23.8. The van der Waals surface area contributed by atoms with Gasteiger partial charge >= 0.3 is 0 Å². The van der Waals surface area contributed by atoms with Crippen LogP contribution in [0, 0.1) is 5.92 Å². The Labute approximate surface area is 164 Å². The van der Waals surface area contributed by atoms with E-state index < -0.39 is 0 Å². The molecule has 7 nitrogen and oxygen atoms in total. The quantitative estimate of drug-likeness (QED) is 0.737. The number of benzene rings is 1. The lowest BCUT2D eigenvalue weighted by atomic mass is 9.99. The second-order valence-electron chi connectivity index (χ2n) is 7.47. The van der Waals surface area contributed by atoms with Crippen LogP contribution in [0.4, 0.5) is 11.5 Å². The van der Waals surface area contributed by atoms with Crippen LogP contribution >= 0.6 is 0 Å². The Bertz CT molecular complexity index is 974. The summed E-state index contributed by atoms with van der Waals surface area (Å²) in [6.45, 7) is 6.47. The summed E-state index contributed by atoms with van der Waals surface area (Å²) in [5, 5.41) is 8.31. The Morgan fingerprint density at radius 1 is 1.21 bits per heavy atom. The fourth-order valence-corrected chi connectivity index (χ4v) is 3.75. The molecule has 2 aromatic heterocycles. The first kappa shape index (κ1) is 18.4. The zero-order chi connectivity index (χ0) is 19.5. The van der Waals surface area contributed by atoms with E-state index in [0.717, 1.165) is 47.9 Å². The van der Waals surface area contributed by atoms with Gasteiger partial charge in [-0.2, -0.15) is 5.10 Å². The third-order valence-electron chi connectivity index (χ3n) is 5.46. The minimum absolute atomic E-state index is 0.113. The third kappa shape index (κ3) is 3.69. The van der Waals surface area contributed by atoms with E-state index in [1.807, 2.05) is 24.3 Å². The van der Waals surface area contributed by atoms with Gasteiger partial charge in [0.15, 0.2) is 5.65 Å². The lowest BCUT2D eigenvalue weighted by Gasteiger charge is -2.31. The second-order valence-corrected chi connectivity index (χ2v) is 7.47. The molecular formula is C21H26N6O. The van der Waals surface area contributed by atoms with Crippen LogP contribution in [-0.4, -0.2) is 38.7 Å². The summed E-state index contributed by atoms with van der Waals surface area (Å²) in [7, 11) is 0. The molecule has 28 heavy (non-hydrogen) atoms. The molecule has 3 heterocycles. The number of para-hydroxylation sites is 1. The first-order chi connectivity index (χ1) is 13.7. The van der Waals surface area contributed by atoms with Gasteiger partial charge in [-0.1, -0.05) is 32.0 Å². The average Bonchev–Trinajstić information content (AvgIpc) is 3.12. The maximum absolute atomic E-state index is 12.6. The molecule has 1 aliphatic heterocycles. The van der Waals surface area contributed by atoms with Crippen molar-refractivity contribution in [3.8, 4) is 0 Å². The zero-order valence-corrected chi connectivity index (χ0v) is 16.4. The molecule has 1 aliphatic rings. The Balaban J connectivity index is 1.53. The number of nitrogens with zero attached hydrogens (tertiary/aromatic N) is 5. The summed E-state index contributed by atoms with van der Waals surface area (Å²) < 4.78 is 1.65. The minimum atomic E-state index is -0.113. The van der Waals surface area contributed by atoms with E-state index in [1.165, 1.54) is 12.8 Å². The van der Waals surface area contributed by atoms with Gasteiger partial charge in [-0.3, -0.25) is 4.79 Å². The van der Waals surface area contributed by atoms with Crippen LogP contribution in [0.5, 0.6) is 0 Å². The van der Waals surface area contributed by atoms with E-state index in [4.69, 9.17) is 0 Å². The van der Waals surface area contributed by atoms with Gasteiger partial charge in [0.1, 0.15) is 18.7 Å². The molecule has 1 saturated heterocycles. The highest BCUT2D eigenvalue weighted by Gasteiger charge is 2.21. The standard InChI is InChI=1S/C21H26N6O/c1-3-16-6-4-5-7-18(16)25-19(28)13-27-21-17(12-24-27)20(22-14-23-21)26-10-8-15(2)9-11-26/h4-7,12,14-15H,3,8-11,13H2,1-2H3,(H,25,28). The van der Waals surface area contributed by atoms with Gasteiger partial charge in [0.05, 0.1) is 11.6 Å². The van der Waals surface area contributed by atoms with Crippen LogP contribution in [0.3, 0.4) is 0 Å². The number of hydrogen-bond acceptors (Lipinski definition) is 5. The number of fused-ring (bicyclic) bond motifs is 1. The summed E-state index contributed by atoms with van der Waals surface area (Å²) in [6, 6.07) is 7.86. The minimum Gasteiger partial charge on any atom is -0.356 e. The van der Waals surface area contributed by atoms with E-state index in [9.17, 15) is 4.79 Å². The van der Waals surface area contributed by atoms with E-state index in [0.29, 0.717) is 5.65 Å². The van der Waals surface area contributed by atoms with E-state index in [1.54, 1.807) is 17.2 Å². The highest BCUT2D eigenvalue weighted by atomic mass is 16.2. The number of amides is 1. The molecule has 1 N–H and O–H groups in total. The van der Waals surface area contributed by atoms with Crippen molar-refractivity contribution in [3.05, 3.63) is 42.4 Å². The topological polar surface area (TPSA) is 75.9 Å². The second kappa shape index (κ2) is 7.96. The van der Waals surface area contributed by atoms with E-state index >= 15 is 0 Å². The lowest BCUT2D eigenvalue weighted by Crippen LogP contribution is -2.33. The Morgan fingerprint density at radius 2 is 2.00 bits per heavy atom. The Hall–Kier alpha value is -2.96. The van der Waals surface area contributed by atoms with Crippen LogP contribution in [-0.2, 0) is 17.8 Å². The van der Waals surface area contributed by atoms with Crippen molar-refractivity contribution in [2.45, 2.75) is 39.7 Å². The van der Waals surface area contributed by atoms with Crippen molar-refractivity contribution in [2.24, 2.45) is 5.92 Å². The number of carbonyl (C=O) groups is 1. The molecule has 0 atom stereocenters. The van der Waals surface area contributed by atoms with Gasteiger partial charge in [0.25, 0.3) is 0 Å². The van der Waals surface area contributed by atoms with Crippen molar-refractivity contribution in [1.29, 1.82) is 0 Å². The Kier molecular flexibility index (Phi) is 5.23. The van der Waals surface area contributed by atoms with Crippen molar-refractivity contribution in [2.75, 3.05) is 23.3 Å². The highest BCUT2D eigenvalue weighted by Crippen LogP contribution is 2.27. The lowest BCUT2D eigenvalue weighted by molar-refractivity contribution is -0.116. The highest BCUT2D eigenvalue weighted by molar-refractivity contribution is 5.93. The number of aromatic nitrogens is 4. The summed E-state index contributed by atoms with van der Waals surface area (Å²) in [6.07, 6.45) is 6.54. The van der Waals surface area contributed by atoms with Crippen molar-refractivity contribution < 1.29 is 4.79 Å². The van der Waals surface area contributed by atoms with Gasteiger partial charge in [0.2, 0.25) is 5.91 Å². The number of nitrogens with one attached hydrogen (secondary N) is 1. The SMILES string of the molecule is CCc1ccccc1NC(=O)Cn1ncc2c(N3CCC(C)CC3)ncnc21. The smallest absolute Gasteiger partial charge is 0.246 e. The molecule has 146 valence electrons. The van der Waals surface area contributed by atoms with E-state index in [-0.39, 0.29) is 12.5 Å². The van der Waals surface area contributed by atoms with Gasteiger partial charge in [0, 0.05) is 18.8 Å². The normalized spacial score (nSPS) is 15.1. The van der Waals surface area contributed by atoms with Crippen molar-refractivity contribution >= 4 is 28.4 Å². The molecule has 0 bridgehead atoms.